The van der Waals surface area contributed by atoms with Gasteiger partial charge in [-0.15, -0.1) is 10.2 Å². The molecule has 5 nitrogen and oxygen atoms in total. The summed E-state index contributed by atoms with van der Waals surface area (Å²) in [4.78, 5) is 0. The molecule has 0 spiro atoms. The van der Waals surface area contributed by atoms with Gasteiger partial charge in [0, 0.05) is 6.26 Å². The van der Waals surface area contributed by atoms with E-state index in [9.17, 15) is 8.42 Å². The Labute approximate surface area is 105 Å². The molecule has 86 valence electrons. The molecule has 16 heavy (non-hydrogen) atoms. The van der Waals surface area contributed by atoms with Crippen LogP contribution in [0.25, 0.3) is 5.65 Å². The summed E-state index contributed by atoms with van der Waals surface area (Å²) in [5.74, 6) is 0.119. The number of rotatable bonds is 2. The second-order valence-corrected chi connectivity index (χ2v) is 6.73. The van der Waals surface area contributed by atoms with Crippen LogP contribution in [0.4, 0.5) is 0 Å². The van der Waals surface area contributed by atoms with Crippen LogP contribution in [-0.4, -0.2) is 29.3 Å². The van der Waals surface area contributed by atoms with E-state index >= 15 is 0 Å². The fourth-order valence-electron chi connectivity index (χ4n) is 1.31. The van der Waals surface area contributed by atoms with E-state index in [0.717, 1.165) is 6.26 Å². The molecule has 2 aromatic heterocycles. The fraction of sp³-hybridized carbons (Fsp3) is 0.250. The lowest BCUT2D eigenvalue weighted by molar-refractivity contribution is 0.599. The fourth-order valence-corrected chi connectivity index (χ4v) is 2.60. The summed E-state index contributed by atoms with van der Waals surface area (Å²) in [6.07, 6.45) is 1.14. The van der Waals surface area contributed by atoms with E-state index in [2.05, 4.69) is 26.1 Å². The summed E-state index contributed by atoms with van der Waals surface area (Å²) >= 11 is 9.26. The van der Waals surface area contributed by atoms with Gasteiger partial charge >= 0.3 is 0 Å². The highest BCUT2D eigenvalue weighted by Gasteiger charge is 2.15. The molecule has 0 unspecified atom stereocenters. The second-order valence-electron chi connectivity index (χ2n) is 3.35. The van der Waals surface area contributed by atoms with Crippen LogP contribution in [0.1, 0.15) is 5.82 Å². The van der Waals surface area contributed by atoms with Crippen molar-refractivity contribution in [3.8, 4) is 0 Å². The predicted molar refractivity (Wildman–Crippen MR) is 64.2 cm³/mol. The third-order valence-corrected chi connectivity index (χ3v) is 3.61. The first-order chi connectivity index (χ1) is 7.38. The topological polar surface area (TPSA) is 64.3 Å². The summed E-state index contributed by atoms with van der Waals surface area (Å²) < 4.78 is 24.6. The van der Waals surface area contributed by atoms with E-state index < -0.39 is 9.84 Å². The van der Waals surface area contributed by atoms with Gasteiger partial charge in [-0.1, -0.05) is 11.6 Å². The van der Waals surface area contributed by atoms with Crippen molar-refractivity contribution in [3.05, 3.63) is 27.6 Å². The molecule has 0 fully saturated rings. The predicted octanol–water partition coefficient (Wildman–Crippen LogP) is 1.69. The molecule has 2 heterocycles. The van der Waals surface area contributed by atoms with Crippen LogP contribution in [0, 0.1) is 0 Å². The van der Waals surface area contributed by atoms with Gasteiger partial charge in [-0.25, -0.2) is 8.42 Å². The van der Waals surface area contributed by atoms with Crippen LogP contribution in [0.3, 0.4) is 0 Å². The zero-order valence-electron chi connectivity index (χ0n) is 8.18. The Morgan fingerprint density at radius 3 is 2.75 bits per heavy atom. The maximum Gasteiger partial charge on any atom is 0.176 e. The number of aromatic nitrogens is 3. The molecule has 0 bridgehead atoms. The molecular weight excluding hydrogens is 318 g/mol. The standard InChI is InChI=1S/C8H7BrClN3O2S/c1-16(14,15)4-7-11-12-8-5(9)2-3-6(10)13(7)8/h2-3H,4H2,1H3. The Morgan fingerprint density at radius 2 is 2.12 bits per heavy atom. The van der Waals surface area contributed by atoms with E-state index in [4.69, 9.17) is 11.6 Å². The number of pyridine rings is 1. The Bertz CT molecular complexity index is 653. The van der Waals surface area contributed by atoms with Crippen LogP contribution >= 0.6 is 27.5 Å². The number of nitrogens with zero attached hydrogens (tertiary/aromatic N) is 3. The third kappa shape index (κ3) is 2.21. The third-order valence-electron chi connectivity index (χ3n) is 1.92. The molecule has 2 aromatic rings. The minimum Gasteiger partial charge on any atom is -0.267 e. The first-order valence-corrected chi connectivity index (χ1v) is 7.47. The van der Waals surface area contributed by atoms with E-state index in [1.807, 2.05) is 0 Å². The highest BCUT2D eigenvalue weighted by atomic mass is 79.9. The lowest BCUT2D eigenvalue weighted by Gasteiger charge is -2.01. The molecule has 0 aliphatic rings. The maximum atomic E-state index is 11.2. The summed E-state index contributed by atoms with van der Waals surface area (Å²) in [5.41, 5.74) is 0.506. The van der Waals surface area contributed by atoms with Gasteiger partial charge in [0.1, 0.15) is 10.9 Å². The zero-order chi connectivity index (χ0) is 11.9. The van der Waals surface area contributed by atoms with Crippen molar-refractivity contribution >= 4 is 43.0 Å². The van der Waals surface area contributed by atoms with Gasteiger partial charge in [0.25, 0.3) is 0 Å². The van der Waals surface area contributed by atoms with Crippen molar-refractivity contribution < 1.29 is 8.42 Å². The van der Waals surface area contributed by atoms with Crippen LogP contribution in [0.15, 0.2) is 16.6 Å². The lowest BCUT2D eigenvalue weighted by atomic mass is 10.5. The summed E-state index contributed by atoms with van der Waals surface area (Å²) in [7, 11) is -3.17. The van der Waals surface area contributed by atoms with Gasteiger partial charge in [-0.05, 0) is 28.1 Å². The average molecular weight is 325 g/mol. The smallest absolute Gasteiger partial charge is 0.176 e. The van der Waals surface area contributed by atoms with Crippen molar-refractivity contribution in [1.29, 1.82) is 0 Å². The lowest BCUT2D eigenvalue weighted by Crippen LogP contribution is -2.05. The van der Waals surface area contributed by atoms with Crippen LogP contribution < -0.4 is 0 Å². The van der Waals surface area contributed by atoms with Crippen molar-refractivity contribution in [2.24, 2.45) is 0 Å². The number of sulfone groups is 1. The summed E-state index contributed by atoms with van der Waals surface area (Å²) in [5, 5.41) is 8.08. The molecule has 0 saturated carbocycles. The number of fused-ring (bicyclic) bond motifs is 1. The second kappa shape index (κ2) is 3.97. The van der Waals surface area contributed by atoms with Gasteiger partial charge in [0.2, 0.25) is 0 Å². The van der Waals surface area contributed by atoms with E-state index in [1.54, 1.807) is 12.1 Å². The quantitative estimate of drug-likeness (QED) is 0.789. The maximum absolute atomic E-state index is 11.2. The zero-order valence-corrected chi connectivity index (χ0v) is 11.3. The largest absolute Gasteiger partial charge is 0.267 e. The molecule has 0 radical (unpaired) electrons. The molecule has 0 aliphatic carbocycles. The van der Waals surface area contributed by atoms with Gasteiger partial charge in [0.05, 0.1) is 4.47 Å². The minimum absolute atomic E-state index is 0.190. The van der Waals surface area contributed by atoms with Crippen molar-refractivity contribution in [3.63, 3.8) is 0 Å². The molecule has 0 atom stereocenters. The van der Waals surface area contributed by atoms with E-state index in [-0.39, 0.29) is 5.75 Å². The molecule has 0 aliphatic heterocycles. The monoisotopic (exact) mass is 323 g/mol. The van der Waals surface area contributed by atoms with Crippen LogP contribution in [0.2, 0.25) is 5.15 Å². The van der Waals surface area contributed by atoms with Crippen LogP contribution in [0.5, 0.6) is 0 Å². The summed E-state index contributed by atoms with van der Waals surface area (Å²) in [6, 6.07) is 3.38. The molecular formula is C8H7BrClN3O2S. The highest BCUT2D eigenvalue weighted by Crippen LogP contribution is 2.22. The normalized spacial score (nSPS) is 12.2. The Hall–Kier alpha value is -0.660. The number of hydrogen-bond donors (Lipinski definition) is 0. The van der Waals surface area contributed by atoms with E-state index in [1.165, 1.54) is 4.40 Å². The number of hydrogen-bond acceptors (Lipinski definition) is 4. The van der Waals surface area contributed by atoms with Gasteiger partial charge in [0.15, 0.2) is 21.3 Å². The molecule has 2 rings (SSSR count). The molecule has 8 heteroatoms. The Balaban J connectivity index is 2.69. The molecule has 0 aromatic carbocycles. The average Bonchev–Trinajstić information content (AvgIpc) is 2.54. The van der Waals surface area contributed by atoms with Crippen LogP contribution in [-0.2, 0) is 15.6 Å². The Kier molecular flexibility index (Phi) is 2.93. The molecule has 0 N–H and O–H groups in total. The van der Waals surface area contributed by atoms with Crippen molar-refractivity contribution in [2.75, 3.05) is 6.26 Å². The minimum atomic E-state index is -3.17. The SMILES string of the molecule is CS(=O)(=O)Cc1nnc2c(Br)ccc(Cl)n12. The Morgan fingerprint density at radius 1 is 1.44 bits per heavy atom. The van der Waals surface area contributed by atoms with Gasteiger partial charge in [-0.2, -0.15) is 0 Å². The van der Waals surface area contributed by atoms with E-state index in [0.29, 0.717) is 21.1 Å². The van der Waals surface area contributed by atoms with Gasteiger partial charge < -0.3 is 0 Å². The first kappa shape index (κ1) is 11.8. The van der Waals surface area contributed by atoms with Crippen molar-refractivity contribution in [2.45, 2.75) is 5.75 Å². The number of halogens is 2. The van der Waals surface area contributed by atoms with Crippen molar-refractivity contribution in [1.82, 2.24) is 14.6 Å². The summed E-state index contributed by atoms with van der Waals surface area (Å²) in [6.45, 7) is 0. The molecule has 0 amide bonds. The highest BCUT2D eigenvalue weighted by molar-refractivity contribution is 9.10. The van der Waals surface area contributed by atoms with Gasteiger partial charge in [-0.3, -0.25) is 4.40 Å². The first-order valence-electron chi connectivity index (χ1n) is 4.24. The molecule has 0 saturated heterocycles.